The Bertz CT molecular complexity index is 1010. The first-order valence-corrected chi connectivity index (χ1v) is 11.4. The summed E-state index contributed by atoms with van der Waals surface area (Å²) in [6.07, 6.45) is 8.16. The SMILES string of the molecule is O=C(Cc1csc(-c2cccnc2)n1)Nc1ccc(NC(=O)N2CCCCCC2)cc1. The van der Waals surface area contributed by atoms with Crippen LogP contribution < -0.4 is 10.6 Å². The molecule has 0 bridgehead atoms. The number of aromatic nitrogens is 2. The Hall–Kier alpha value is -3.26. The Labute approximate surface area is 185 Å². The van der Waals surface area contributed by atoms with Crippen LogP contribution in [-0.2, 0) is 11.2 Å². The molecule has 0 unspecified atom stereocenters. The van der Waals surface area contributed by atoms with E-state index < -0.39 is 0 Å². The lowest BCUT2D eigenvalue weighted by molar-refractivity contribution is -0.115. The van der Waals surface area contributed by atoms with Crippen molar-refractivity contribution < 1.29 is 9.59 Å². The minimum atomic E-state index is -0.135. The molecule has 8 heteroatoms. The zero-order valence-electron chi connectivity index (χ0n) is 17.2. The number of anilines is 2. The minimum Gasteiger partial charge on any atom is -0.326 e. The van der Waals surface area contributed by atoms with Crippen molar-refractivity contribution in [2.75, 3.05) is 23.7 Å². The normalized spacial score (nSPS) is 14.0. The van der Waals surface area contributed by atoms with Crippen molar-refractivity contribution in [2.45, 2.75) is 32.1 Å². The minimum absolute atomic E-state index is 0.0633. The molecule has 1 saturated heterocycles. The number of amides is 3. The molecular weight excluding hydrogens is 410 g/mol. The Balaban J connectivity index is 1.29. The molecule has 3 aromatic rings. The summed E-state index contributed by atoms with van der Waals surface area (Å²) >= 11 is 1.50. The van der Waals surface area contributed by atoms with Crippen molar-refractivity contribution in [3.05, 3.63) is 59.9 Å². The molecule has 1 aliphatic heterocycles. The molecule has 31 heavy (non-hydrogen) atoms. The molecule has 4 rings (SSSR count). The quantitative estimate of drug-likeness (QED) is 0.603. The van der Waals surface area contributed by atoms with Crippen LogP contribution in [0, 0.1) is 0 Å². The van der Waals surface area contributed by atoms with E-state index in [1.807, 2.05) is 22.4 Å². The monoisotopic (exact) mass is 435 g/mol. The van der Waals surface area contributed by atoms with Crippen molar-refractivity contribution in [1.29, 1.82) is 0 Å². The van der Waals surface area contributed by atoms with Gasteiger partial charge >= 0.3 is 6.03 Å². The third-order valence-electron chi connectivity index (χ3n) is 5.12. The summed E-state index contributed by atoms with van der Waals surface area (Å²) in [5.74, 6) is -0.135. The number of thiazole rings is 1. The van der Waals surface area contributed by atoms with Crippen LogP contribution in [0.25, 0.3) is 10.6 Å². The average molecular weight is 436 g/mol. The number of carbonyl (C=O) groups is 2. The standard InChI is InChI=1S/C23H25N5O2S/c29-21(14-20-16-31-22(26-20)17-6-5-11-24-15-17)25-18-7-9-19(10-8-18)27-23(30)28-12-3-1-2-4-13-28/h5-11,15-16H,1-4,12-14H2,(H,25,29)(H,27,30). The molecule has 0 radical (unpaired) electrons. The van der Waals surface area contributed by atoms with Crippen LogP contribution in [-0.4, -0.2) is 39.9 Å². The third kappa shape index (κ3) is 5.88. The number of likely N-dealkylation sites (tertiary alicyclic amines) is 1. The van der Waals surface area contributed by atoms with E-state index in [0.29, 0.717) is 11.4 Å². The zero-order chi connectivity index (χ0) is 21.5. The van der Waals surface area contributed by atoms with Gasteiger partial charge in [0.05, 0.1) is 12.1 Å². The number of pyridine rings is 1. The summed E-state index contributed by atoms with van der Waals surface area (Å²) in [7, 11) is 0. The van der Waals surface area contributed by atoms with Crippen LogP contribution in [0.3, 0.4) is 0 Å². The molecule has 0 atom stereocenters. The van der Waals surface area contributed by atoms with Crippen molar-refractivity contribution in [1.82, 2.24) is 14.9 Å². The van der Waals surface area contributed by atoms with Gasteiger partial charge in [-0.15, -0.1) is 11.3 Å². The fourth-order valence-corrected chi connectivity index (χ4v) is 4.30. The van der Waals surface area contributed by atoms with Gasteiger partial charge in [0, 0.05) is 47.8 Å². The van der Waals surface area contributed by atoms with Crippen LogP contribution in [0.4, 0.5) is 16.2 Å². The highest BCUT2D eigenvalue weighted by atomic mass is 32.1. The summed E-state index contributed by atoms with van der Waals surface area (Å²) < 4.78 is 0. The summed E-state index contributed by atoms with van der Waals surface area (Å²) in [5.41, 5.74) is 3.06. The van der Waals surface area contributed by atoms with Gasteiger partial charge < -0.3 is 15.5 Å². The van der Waals surface area contributed by atoms with Crippen molar-refractivity contribution in [2.24, 2.45) is 0 Å². The van der Waals surface area contributed by atoms with Crippen LogP contribution in [0.1, 0.15) is 31.4 Å². The van der Waals surface area contributed by atoms with Gasteiger partial charge in [-0.3, -0.25) is 9.78 Å². The smallest absolute Gasteiger partial charge is 0.321 e. The number of urea groups is 1. The molecule has 1 fully saturated rings. The highest BCUT2D eigenvalue weighted by Gasteiger charge is 2.15. The Morgan fingerprint density at radius 2 is 1.68 bits per heavy atom. The number of hydrogen-bond acceptors (Lipinski definition) is 5. The van der Waals surface area contributed by atoms with Gasteiger partial charge in [-0.05, 0) is 49.2 Å². The second kappa shape index (κ2) is 10.2. The Morgan fingerprint density at radius 1 is 0.968 bits per heavy atom. The van der Waals surface area contributed by atoms with Gasteiger partial charge in [-0.25, -0.2) is 9.78 Å². The molecule has 0 spiro atoms. The third-order valence-corrected chi connectivity index (χ3v) is 6.06. The first kappa shape index (κ1) is 21.0. The van der Waals surface area contributed by atoms with E-state index in [-0.39, 0.29) is 18.4 Å². The topological polar surface area (TPSA) is 87.2 Å². The van der Waals surface area contributed by atoms with Gasteiger partial charge in [0.1, 0.15) is 5.01 Å². The molecule has 2 aromatic heterocycles. The average Bonchev–Trinajstić information content (AvgIpc) is 3.07. The molecule has 3 heterocycles. The summed E-state index contributed by atoms with van der Waals surface area (Å²) in [4.78, 5) is 35.3. The molecule has 1 aliphatic rings. The first-order chi connectivity index (χ1) is 15.2. The maximum Gasteiger partial charge on any atom is 0.321 e. The Morgan fingerprint density at radius 3 is 2.35 bits per heavy atom. The molecule has 160 valence electrons. The molecule has 7 nitrogen and oxygen atoms in total. The van der Waals surface area contributed by atoms with Crippen molar-refractivity contribution in [3.63, 3.8) is 0 Å². The highest BCUT2D eigenvalue weighted by Crippen LogP contribution is 2.23. The summed E-state index contributed by atoms with van der Waals surface area (Å²) in [6.45, 7) is 1.61. The van der Waals surface area contributed by atoms with Gasteiger partial charge in [-0.1, -0.05) is 12.8 Å². The first-order valence-electron chi connectivity index (χ1n) is 10.5. The largest absolute Gasteiger partial charge is 0.326 e. The highest BCUT2D eigenvalue weighted by molar-refractivity contribution is 7.13. The lowest BCUT2D eigenvalue weighted by Gasteiger charge is -2.20. The number of nitrogens with one attached hydrogen (secondary N) is 2. The predicted octanol–water partition coefficient (Wildman–Crippen LogP) is 4.79. The summed E-state index contributed by atoms with van der Waals surface area (Å²) in [5, 5.41) is 8.56. The molecule has 2 N–H and O–H groups in total. The molecule has 0 aliphatic carbocycles. The number of hydrogen-bond donors (Lipinski definition) is 2. The van der Waals surface area contributed by atoms with Crippen molar-refractivity contribution >= 4 is 34.6 Å². The lowest BCUT2D eigenvalue weighted by atomic mass is 10.2. The fourth-order valence-electron chi connectivity index (χ4n) is 3.49. The zero-order valence-corrected chi connectivity index (χ0v) is 18.0. The maximum atomic E-state index is 12.4. The van der Waals surface area contributed by atoms with Gasteiger partial charge in [0.15, 0.2) is 0 Å². The van der Waals surface area contributed by atoms with E-state index in [1.165, 1.54) is 24.2 Å². The predicted molar refractivity (Wildman–Crippen MR) is 123 cm³/mol. The maximum absolute atomic E-state index is 12.4. The fraction of sp³-hybridized carbons (Fsp3) is 0.304. The number of carbonyl (C=O) groups excluding carboxylic acids is 2. The van der Waals surface area contributed by atoms with E-state index >= 15 is 0 Å². The number of nitrogens with zero attached hydrogens (tertiary/aromatic N) is 3. The van der Waals surface area contributed by atoms with E-state index in [1.54, 1.807) is 36.7 Å². The van der Waals surface area contributed by atoms with Crippen LogP contribution >= 0.6 is 11.3 Å². The van der Waals surface area contributed by atoms with Crippen LogP contribution in [0.5, 0.6) is 0 Å². The number of rotatable bonds is 5. The lowest BCUT2D eigenvalue weighted by Crippen LogP contribution is -2.35. The van der Waals surface area contributed by atoms with Gasteiger partial charge in [-0.2, -0.15) is 0 Å². The van der Waals surface area contributed by atoms with E-state index in [2.05, 4.69) is 20.6 Å². The van der Waals surface area contributed by atoms with E-state index in [9.17, 15) is 9.59 Å². The second-order valence-electron chi connectivity index (χ2n) is 7.52. The van der Waals surface area contributed by atoms with Gasteiger partial charge in [0.25, 0.3) is 0 Å². The molecule has 3 amide bonds. The summed E-state index contributed by atoms with van der Waals surface area (Å²) in [6, 6.07) is 10.9. The van der Waals surface area contributed by atoms with Crippen LogP contribution in [0.2, 0.25) is 0 Å². The van der Waals surface area contributed by atoms with Crippen LogP contribution in [0.15, 0.2) is 54.2 Å². The molecule has 1 aromatic carbocycles. The van der Waals surface area contributed by atoms with Crippen molar-refractivity contribution in [3.8, 4) is 10.6 Å². The van der Waals surface area contributed by atoms with E-state index in [0.717, 1.165) is 42.2 Å². The second-order valence-corrected chi connectivity index (χ2v) is 8.38. The Kier molecular flexibility index (Phi) is 6.89. The number of benzene rings is 1. The molecule has 0 saturated carbocycles. The van der Waals surface area contributed by atoms with Gasteiger partial charge in [0.2, 0.25) is 5.91 Å². The molecular formula is C23H25N5O2S. The van der Waals surface area contributed by atoms with E-state index in [4.69, 9.17) is 0 Å².